The van der Waals surface area contributed by atoms with E-state index in [1.165, 1.54) is 0 Å². The minimum absolute atomic E-state index is 0.0447. The summed E-state index contributed by atoms with van der Waals surface area (Å²) in [5.41, 5.74) is 0.638. The smallest absolute Gasteiger partial charge is 0.251 e. The second kappa shape index (κ2) is 6.28. The molecule has 1 aromatic carbocycles. The minimum Gasteiger partial charge on any atom is -0.497 e. The van der Waals surface area contributed by atoms with Crippen LogP contribution in [-0.4, -0.2) is 19.1 Å². The predicted octanol–water partition coefficient (Wildman–Crippen LogP) is 2.86. The fourth-order valence-electron chi connectivity index (χ4n) is 1.55. The fourth-order valence-corrected chi connectivity index (χ4v) is 1.55. The van der Waals surface area contributed by atoms with Gasteiger partial charge in [0.05, 0.1) is 7.11 Å². The maximum absolute atomic E-state index is 12.0. The number of hydrogen-bond acceptors (Lipinski definition) is 2. The zero-order valence-corrected chi connectivity index (χ0v) is 11.0. The van der Waals surface area contributed by atoms with Crippen molar-refractivity contribution in [3.63, 3.8) is 0 Å². The Morgan fingerprint density at radius 1 is 1.41 bits per heavy atom. The minimum atomic E-state index is -0.0447. The molecule has 2 atom stereocenters. The standard InChI is InChI=1S/C14H21NO2/c1-5-10(2)11(3)15-14(16)12-7-6-8-13(9-12)17-4/h6-11H,5H2,1-4H3,(H,15,16)/t10-,11+/m0/s1. The Balaban J connectivity index is 2.69. The van der Waals surface area contributed by atoms with Crippen molar-refractivity contribution in [3.05, 3.63) is 29.8 Å². The lowest BCUT2D eigenvalue weighted by Crippen LogP contribution is -2.36. The molecular formula is C14H21NO2. The SMILES string of the molecule is CC[C@H](C)[C@@H](C)NC(=O)c1cccc(OC)c1. The van der Waals surface area contributed by atoms with Crippen LogP contribution in [-0.2, 0) is 0 Å². The van der Waals surface area contributed by atoms with Crippen LogP contribution in [0.15, 0.2) is 24.3 Å². The van der Waals surface area contributed by atoms with Gasteiger partial charge in [0.15, 0.2) is 0 Å². The van der Waals surface area contributed by atoms with Crippen molar-refractivity contribution in [2.45, 2.75) is 33.2 Å². The third-order valence-corrected chi connectivity index (χ3v) is 3.19. The third-order valence-electron chi connectivity index (χ3n) is 3.19. The lowest BCUT2D eigenvalue weighted by molar-refractivity contribution is 0.0928. The number of carbonyl (C=O) groups excluding carboxylic acids is 1. The van der Waals surface area contributed by atoms with E-state index in [0.29, 0.717) is 17.2 Å². The molecule has 0 spiro atoms. The molecular weight excluding hydrogens is 214 g/mol. The van der Waals surface area contributed by atoms with Gasteiger partial charge in [0, 0.05) is 11.6 Å². The Hall–Kier alpha value is -1.51. The average molecular weight is 235 g/mol. The molecule has 1 rings (SSSR count). The van der Waals surface area contributed by atoms with Crippen LogP contribution in [0.2, 0.25) is 0 Å². The van der Waals surface area contributed by atoms with Gasteiger partial charge in [0.2, 0.25) is 0 Å². The molecule has 0 aliphatic heterocycles. The van der Waals surface area contributed by atoms with E-state index >= 15 is 0 Å². The zero-order valence-electron chi connectivity index (χ0n) is 11.0. The molecule has 0 aliphatic carbocycles. The number of nitrogens with one attached hydrogen (secondary N) is 1. The highest BCUT2D eigenvalue weighted by atomic mass is 16.5. The second-order valence-corrected chi connectivity index (χ2v) is 4.38. The number of ether oxygens (including phenoxy) is 1. The summed E-state index contributed by atoms with van der Waals surface area (Å²) in [7, 11) is 1.60. The summed E-state index contributed by atoms with van der Waals surface area (Å²) in [5, 5.41) is 3.00. The van der Waals surface area contributed by atoms with Crippen molar-refractivity contribution in [1.29, 1.82) is 0 Å². The van der Waals surface area contributed by atoms with Crippen LogP contribution in [0.3, 0.4) is 0 Å². The molecule has 1 N–H and O–H groups in total. The van der Waals surface area contributed by atoms with Crippen LogP contribution in [0.4, 0.5) is 0 Å². The summed E-state index contributed by atoms with van der Waals surface area (Å²) >= 11 is 0. The summed E-state index contributed by atoms with van der Waals surface area (Å²) < 4.78 is 5.10. The Bertz CT molecular complexity index is 376. The van der Waals surface area contributed by atoms with Crippen LogP contribution in [0.1, 0.15) is 37.6 Å². The highest BCUT2D eigenvalue weighted by molar-refractivity contribution is 5.94. The lowest BCUT2D eigenvalue weighted by Gasteiger charge is -2.19. The Labute approximate surface area is 103 Å². The molecule has 0 radical (unpaired) electrons. The van der Waals surface area contributed by atoms with E-state index in [1.54, 1.807) is 19.2 Å². The van der Waals surface area contributed by atoms with Gasteiger partial charge in [0.1, 0.15) is 5.75 Å². The lowest BCUT2D eigenvalue weighted by atomic mass is 10.0. The molecule has 0 saturated heterocycles. The van der Waals surface area contributed by atoms with E-state index in [1.807, 2.05) is 19.1 Å². The second-order valence-electron chi connectivity index (χ2n) is 4.38. The highest BCUT2D eigenvalue weighted by Crippen LogP contribution is 2.13. The molecule has 3 nitrogen and oxygen atoms in total. The first-order valence-electron chi connectivity index (χ1n) is 6.03. The van der Waals surface area contributed by atoms with Crippen molar-refractivity contribution >= 4 is 5.91 Å². The van der Waals surface area contributed by atoms with E-state index in [-0.39, 0.29) is 11.9 Å². The molecule has 0 aliphatic rings. The first kappa shape index (κ1) is 13.6. The van der Waals surface area contributed by atoms with Crippen molar-refractivity contribution < 1.29 is 9.53 Å². The van der Waals surface area contributed by atoms with Gasteiger partial charge >= 0.3 is 0 Å². The molecule has 0 unspecified atom stereocenters. The molecule has 0 fully saturated rings. The quantitative estimate of drug-likeness (QED) is 0.852. The van der Waals surface area contributed by atoms with Crippen molar-refractivity contribution in [1.82, 2.24) is 5.32 Å². The van der Waals surface area contributed by atoms with E-state index in [4.69, 9.17) is 4.74 Å². The number of rotatable bonds is 5. The van der Waals surface area contributed by atoms with E-state index in [9.17, 15) is 4.79 Å². The van der Waals surface area contributed by atoms with Crippen LogP contribution >= 0.6 is 0 Å². The van der Waals surface area contributed by atoms with Crippen LogP contribution in [0, 0.1) is 5.92 Å². The van der Waals surface area contributed by atoms with Gasteiger partial charge in [0.25, 0.3) is 5.91 Å². The largest absolute Gasteiger partial charge is 0.497 e. The number of hydrogen-bond donors (Lipinski definition) is 1. The fraction of sp³-hybridized carbons (Fsp3) is 0.500. The van der Waals surface area contributed by atoms with Crippen molar-refractivity contribution in [2.24, 2.45) is 5.92 Å². The van der Waals surface area contributed by atoms with Gasteiger partial charge in [-0.05, 0) is 31.0 Å². The van der Waals surface area contributed by atoms with E-state index < -0.39 is 0 Å². The molecule has 0 bridgehead atoms. The summed E-state index contributed by atoms with van der Waals surface area (Å²) in [4.78, 5) is 12.0. The summed E-state index contributed by atoms with van der Waals surface area (Å²) in [6.45, 7) is 6.29. The topological polar surface area (TPSA) is 38.3 Å². The first-order chi connectivity index (χ1) is 8.08. The molecule has 0 aromatic heterocycles. The highest BCUT2D eigenvalue weighted by Gasteiger charge is 2.14. The van der Waals surface area contributed by atoms with Gasteiger partial charge < -0.3 is 10.1 Å². The molecule has 0 heterocycles. The van der Waals surface area contributed by atoms with Crippen LogP contribution in [0.25, 0.3) is 0 Å². The number of benzene rings is 1. The normalized spacial score (nSPS) is 13.9. The molecule has 3 heteroatoms. The van der Waals surface area contributed by atoms with E-state index in [0.717, 1.165) is 6.42 Å². The molecule has 1 amide bonds. The number of amides is 1. The summed E-state index contributed by atoms with van der Waals surface area (Å²) in [6, 6.07) is 7.37. The predicted molar refractivity (Wildman–Crippen MR) is 69.4 cm³/mol. The third kappa shape index (κ3) is 3.77. The molecule has 17 heavy (non-hydrogen) atoms. The number of methoxy groups -OCH3 is 1. The summed E-state index contributed by atoms with van der Waals surface area (Å²) in [5.74, 6) is 1.13. The Morgan fingerprint density at radius 2 is 2.12 bits per heavy atom. The average Bonchev–Trinajstić information content (AvgIpc) is 2.37. The maximum Gasteiger partial charge on any atom is 0.251 e. The Morgan fingerprint density at radius 3 is 2.71 bits per heavy atom. The molecule has 1 aromatic rings. The number of carbonyl (C=O) groups is 1. The summed E-state index contributed by atoms with van der Waals surface area (Å²) in [6.07, 6.45) is 1.06. The first-order valence-corrected chi connectivity index (χ1v) is 6.03. The zero-order chi connectivity index (χ0) is 12.8. The van der Waals surface area contributed by atoms with Crippen LogP contribution in [0.5, 0.6) is 5.75 Å². The monoisotopic (exact) mass is 235 g/mol. The Kier molecular flexibility index (Phi) is 5.01. The van der Waals surface area contributed by atoms with Crippen LogP contribution < -0.4 is 10.1 Å². The van der Waals surface area contributed by atoms with Gasteiger partial charge in [-0.15, -0.1) is 0 Å². The van der Waals surface area contributed by atoms with Crippen molar-refractivity contribution in [2.75, 3.05) is 7.11 Å². The van der Waals surface area contributed by atoms with E-state index in [2.05, 4.69) is 19.2 Å². The maximum atomic E-state index is 12.0. The van der Waals surface area contributed by atoms with Gasteiger partial charge in [-0.25, -0.2) is 0 Å². The molecule has 0 saturated carbocycles. The molecule has 94 valence electrons. The van der Waals surface area contributed by atoms with Gasteiger partial charge in [-0.1, -0.05) is 26.3 Å². The van der Waals surface area contributed by atoms with Crippen molar-refractivity contribution in [3.8, 4) is 5.75 Å². The van der Waals surface area contributed by atoms with Gasteiger partial charge in [-0.3, -0.25) is 4.79 Å². The van der Waals surface area contributed by atoms with Gasteiger partial charge in [-0.2, -0.15) is 0 Å².